The molecule has 3 nitrogen and oxygen atoms in total. The lowest BCUT2D eigenvalue weighted by molar-refractivity contribution is 0.279. The maximum absolute atomic E-state index is 13.8. The summed E-state index contributed by atoms with van der Waals surface area (Å²) in [4.78, 5) is 0. The molecule has 0 aliphatic rings. The van der Waals surface area contributed by atoms with Gasteiger partial charge in [-0.05, 0) is 36.2 Å². The molecule has 0 unspecified atom stereocenters. The second kappa shape index (κ2) is 9.58. The highest BCUT2D eigenvalue weighted by Gasteiger charge is 2.14. The molecular weight excluding hydrogens is 377 g/mol. The van der Waals surface area contributed by atoms with Gasteiger partial charge in [-0.2, -0.15) is 0 Å². The number of rotatable bonds is 8. The first-order valence-electron chi connectivity index (χ1n) is 9.09. The molecule has 3 aromatic carbocycles. The molecule has 0 amide bonds. The van der Waals surface area contributed by atoms with Crippen molar-refractivity contribution in [2.45, 2.75) is 26.1 Å². The van der Waals surface area contributed by atoms with Crippen LogP contribution < -0.4 is 14.8 Å². The van der Waals surface area contributed by atoms with E-state index >= 15 is 0 Å². The summed E-state index contributed by atoms with van der Waals surface area (Å²) in [5, 5.41) is 3.90. The van der Waals surface area contributed by atoms with Crippen LogP contribution in [-0.2, 0) is 13.2 Å². The summed E-state index contributed by atoms with van der Waals surface area (Å²) in [6.07, 6.45) is 0. The molecule has 0 aliphatic carbocycles. The molecule has 1 N–H and O–H groups in total. The van der Waals surface area contributed by atoms with Crippen LogP contribution in [0.2, 0.25) is 5.02 Å². The first kappa shape index (κ1) is 20.2. The smallest absolute Gasteiger partial charge is 0.180 e. The summed E-state index contributed by atoms with van der Waals surface area (Å²) in [5.41, 5.74) is 2.65. The minimum Gasteiger partial charge on any atom is -0.493 e. The van der Waals surface area contributed by atoms with Gasteiger partial charge in [-0.15, -0.1) is 0 Å². The van der Waals surface area contributed by atoms with Gasteiger partial charge in [-0.3, -0.25) is 0 Å². The minimum absolute atomic E-state index is 0.0748. The van der Waals surface area contributed by atoms with Gasteiger partial charge < -0.3 is 14.8 Å². The Morgan fingerprint density at radius 1 is 1.04 bits per heavy atom. The van der Waals surface area contributed by atoms with Crippen molar-refractivity contribution in [3.63, 3.8) is 0 Å². The van der Waals surface area contributed by atoms with E-state index in [4.69, 9.17) is 21.1 Å². The second-order valence-electron chi connectivity index (χ2n) is 6.50. The van der Waals surface area contributed by atoms with Gasteiger partial charge >= 0.3 is 0 Å². The number of hydrogen-bond acceptors (Lipinski definition) is 3. The molecule has 3 rings (SSSR count). The van der Waals surface area contributed by atoms with E-state index in [0.29, 0.717) is 28.6 Å². The van der Waals surface area contributed by atoms with Crippen molar-refractivity contribution >= 4 is 11.6 Å². The third-order valence-corrected chi connectivity index (χ3v) is 4.81. The largest absolute Gasteiger partial charge is 0.493 e. The van der Waals surface area contributed by atoms with Crippen LogP contribution in [-0.4, -0.2) is 7.11 Å². The molecule has 0 spiro atoms. The van der Waals surface area contributed by atoms with E-state index in [1.54, 1.807) is 25.3 Å². The molecule has 1 atom stereocenters. The Kier molecular flexibility index (Phi) is 6.90. The molecule has 3 aromatic rings. The van der Waals surface area contributed by atoms with Crippen molar-refractivity contribution in [1.82, 2.24) is 5.32 Å². The Bertz CT molecular complexity index is 918. The molecule has 146 valence electrons. The molecular formula is C23H23ClFNO2. The lowest BCUT2D eigenvalue weighted by Crippen LogP contribution is -2.18. The molecule has 0 aliphatic heterocycles. The van der Waals surface area contributed by atoms with Crippen molar-refractivity contribution in [1.29, 1.82) is 0 Å². The van der Waals surface area contributed by atoms with Gasteiger partial charge in [0.25, 0.3) is 0 Å². The molecule has 0 saturated heterocycles. The van der Waals surface area contributed by atoms with Gasteiger partial charge in [0.05, 0.1) is 12.1 Å². The Balaban J connectivity index is 1.69. The van der Waals surface area contributed by atoms with E-state index in [9.17, 15) is 4.39 Å². The maximum Gasteiger partial charge on any atom is 0.180 e. The zero-order chi connectivity index (χ0) is 19.9. The summed E-state index contributed by atoms with van der Waals surface area (Å²) in [7, 11) is 1.56. The Hall–Kier alpha value is -2.56. The third kappa shape index (κ3) is 5.03. The van der Waals surface area contributed by atoms with E-state index in [-0.39, 0.29) is 18.5 Å². The monoisotopic (exact) mass is 399 g/mol. The molecule has 0 saturated carbocycles. The average Bonchev–Trinajstić information content (AvgIpc) is 2.72. The molecule has 0 heterocycles. The van der Waals surface area contributed by atoms with Gasteiger partial charge in [0.2, 0.25) is 0 Å². The lowest BCUT2D eigenvalue weighted by atomic mass is 10.1. The van der Waals surface area contributed by atoms with Crippen molar-refractivity contribution in [2.24, 2.45) is 0 Å². The van der Waals surface area contributed by atoms with Gasteiger partial charge in [0, 0.05) is 18.2 Å². The number of benzene rings is 3. The molecule has 5 heteroatoms. The highest BCUT2D eigenvalue weighted by atomic mass is 35.5. The van der Waals surface area contributed by atoms with Crippen molar-refractivity contribution < 1.29 is 13.9 Å². The van der Waals surface area contributed by atoms with Crippen molar-refractivity contribution in [3.05, 3.63) is 94.3 Å². The van der Waals surface area contributed by atoms with E-state index in [1.165, 1.54) is 11.6 Å². The van der Waals surface area contributed by atoms with Crippen LogP contribution in [0.5, 0.6) is 11.5 Å². The van der Waals surface area contributed by atoms with Crippen LogP contribution in [0.1, 0.15) is 29.7 Å². The fourth-order valence-corrected chi connectivity index (χ4v) is 3.20. The van der Waals surface area contributed by atoms with Crippen LogP contribution in [0.15, 0.2) is 66.7 Å². The summed E-state index contributed by atoms with van der Waals surface area (Å²) >= 11 is 6.43. The van der Waals surface area contributed by atoms with Gasteiger partial charge in [-0.1, -0.05) is 60.1 Å². The SMILES string of the molecule is COc1cc(CN[C@H](C)c2ccccc2)cc(Cl)c1OCc1ccccc1F. The Morgan fingerprint density at radius 2 is 1.75 bits per heavy atom. The van der Waals surface area contributed by atoms with E-state index in [0.717, 1.165) is 5.56 Å². The van der Waals surface area contributed by atoms with Crippen LogP contribution >= 0.6 is 11.6 Å². The van der Waals surface area contributed by atoms with Gasteiger partial charge in [0.15, 0.2) is 11.5 Å². The summed E-state index contributed by atoms with van der Waals surface area (Å²) in [5.74, 6) is 0.619. The molecule has 0 fully saturated rings. The van der Waals surface area contributed by atoms with Gasteiger partial charge in [0.1, 0.15) is 12.4 Å². The standard InChI is InChI=1S/C23H23ClFNO2/c1-16(18-8-4-3-5-9-18)26-14-17-12-20(24)23(22(13-17)27-2)28-15-19-10-6-7-11-21(19)25/h3-13,16,26H,14-15H2,1-2H3/t16-/m1/s1. The first-order chi connectivity index (χ1) is 13.6. The van der Waals surface area contributed by atoms with Crippen LogP contribution in [0.25, 0.3) is 0 Å². The quantitative estimate of drug-likeness (QED) is 0.510. The Morgan fingerprint density at radius 3 is 2.46 bits per heavy atom. The third-order valence-electron chi connectivity index (χ3n) is 4.53. The van der Waals surface area contributed by atoms with Crippen LogP contribution in [0.3, 0.4) is 0 Å². The summed E-state index contributed by atoms with van der Waals surface area (Å²) in [6, 6.07) is 20.6. The zero-order valence-electron chi connectivity index (χ0n) is 15.9. The van der Waals surface area contributed by atoms with Crippen LogP contribution in [0.4, 0.5) is 4.39 Å². The second-order valence-corrected chi connectivity index (χ2v) is 6.91. The topological polar surface area (TPSA) is 30.5 Å². The number of nitrogens with one attached hydrogen (secondary N) is 1. The Labute approximate surface area is 170 Å². The fraction of sp³-hybridized carbons (Fsp3) is 0.217. The highest BCUT2D eigenvalue weighted by Crippen LogP contribution is 2.37. The number of ether oxygens (including phenoxy) is 2. The molecule has 0 bridgehead atoms. The highest BCUT2D eigenvalue weighted by molar-refractivity contribution is 6.32. The molecule has 0 aromatic heterocycles. The van der Waals surface area contributed by atoms with E-state index < -0.39 is 0 Å². The van der Waals surface area contributed by atoms with Crippen molar-refractivity contribution in [2.75, 3.05) is 7.11 Å². The predicted molar refractivity (Wildman–Crippen MR) is 110 cm³/mol. The number of methoxy groups -OCH3 is 1. The van der Waals surface area contributed by atoms with E-state index in [2.05, 4.69) is 24.4 Å². The van der Waals surface area contributed by atoms with Crippen LogP contribution in [0, 0.1) is 5.82 Å². The molecule has 28 heavy (non-hydrogen) atoms. The average molecular weight is 400 g/mol. The molecule has 0 radical (unpaired) electrons. The number of halogens is 2. The van der Waals surface area contributed by atoms with Gasteiger partial charge in [-0.25, -0.2) is 4.39 Å². The fourth-order valence-electron chi connectivity index (χ4n) is 2.91. The first-order valence-corrected chi connectivity index (χ1v) is 9.47. The predicted octanol–water partition coefficient (Wildman–Crippen LogP) is 5.92. The number of hydrogen-bond donors (Lipinski definition) is 1. The van der Waals surface area contributed by atoms with Crippen molar-refractivity contribution in [3.8, 4) is 11.5 Å². The maximum atomic E-state index is 13.8. The zero-order valence-corrected chi connectivity index (χ0v) is 16.7. The summed E-state index contributed by atoms with van der Waals surface area (Å²) < 4.78 is 25.0. The normalized spacial score (nSPS) is 11.9. The summed E-state index contributed by atoms with van der Waals surface area (Å²) in [6.45, 7) is 2.81. The minimum atomic E-state index is -0.312. The van der Waals surface area contributed by atoms with E-state index in [1.807, 2.05) is 30.3 Å². The lowest BCUT2D eigenvalue weighted by Gasteiger charge is -2.17.